The van der Waals surface area contributed by atoms with Crippen molar-refractivity contribution in [1.82, 2.24) is 10.6 Å². The quantitative estimate of drug-likeness (QED) is 0.557. The zero-order valence-corrected chi connectivity index (χ0v) is 10.7. The second-order valence-corrected chi connectivity index (χ2v) is 4.89. The summed E-state index contributed by atoms with van der Waals surface area (Å²) in [6.07, 6.45) is 7.00. The maximum absolute atomic E-state index is 11.6. The first-order valence-electron chi connectivity index (χ1n) is 6.91. The van der Waals surface area contributed by atoms with Crippen molar-refractivity contribution in [3.8, 4) is 0 Å². The van der Waals surface area contributed by atoms with E-state index in [0.29, 0.717) is 12.3 Å². The SMILES string of the molecule is O=C(CC1CCNCC1)NCCCCCCO. The predicted molar refractivity (Wildman–Crippen MR) is 68.8 cm³/mol. The molecule has 17 heavy (non-hydrogen) atoms. The van der Waals surface area contributed by atoms with Crippen molar-refractivity contribution in [1.29, 1.82) is 0 Å². The highest BCUT2D eigenvalue weighted by Gasteiger charge is 2.16. The summed E-state index contributed by atoms with van der Waals surface area (Å²) in [5.74, 6) is 0.782. The van der Waals surface area contributed by atoms with Crippen molar-refractivity contribution in [3.05, 3.63) is 0 Å². The molecule has 3 N–H and O–H groups in total. The molecule has 0 spiro atoms. The molecule has 1 aliphatic heterocycles. The van der Waals surface area contributed by atoms with E-state index in [0.717, 1.165) is 58.2 Å². The first-order chi connectivity index (χ1) is 8.33. The van der Waals surface area contributed by atoms with Gasteiger partial charge in [-0.05, 0) is 44.7 Å². The second kappa shape index (κ2) is 9.42. The summed E-state index contributed by atoms with van der Waals surface area (Å²) in [7, 11) is 0. The Hall–Kier alpha value is -0.610. The van der Waals surface area contributed by atoms with E-state index in [2.05, 4.69) is 10.6 Å². The molecule has 0 aromatic rings. The third-order valence-electron chi connectivity index (χ3n) is 3.34. The number of amides is 1. The monoisotopic (exact) mass is 242 g/mol. The van der Waals surface area contributed by atoms with Crippen molar-refractivity contribution in [2.75, 3.05) is 26.2 Å². The van der Waals surface area contributed by atoms with Gasteiger partial charge >= 0.3 is 0 Å². The highest BCUT2D eigenvalue weighted by molar-refractivity contribution is 5.76. The van der Waals surface area contributed by atoms with Crippen LogP contribution in [0.15, 0.2) is 0 Å². The maximum atomic E-state index is 11.6. The third kappa shape index (κ3) is 7.34. The molecule has 100 valence electrons. The maximum Gasteiger partial charge on any atom is 0.220 e. The first kappa shape index (κ1) is 14.5. The smallest absolute Gasteiger partial charge is 0.220 e. The Kier molecular flexibility index (Phi) is 8.01. The Bertz CT molecular complexity index is 204. The van der Waals surface area contributed by atoms with Gasteiger partial charge in [0.15, 0.2) is 0 Å². The molecule has 4 nitrogen and oxygen atoms in total. The number of unbranched alkanes of at least 4 members (excludes halogenated alkanes) is 3. The average Bonchev–Trinajstić information content (AvgIpc) is 2.35. The van der Waals surface area contributed by atoms with Gasteiger partial charge in [0.1, 0.15) is 0 Å². The van der Waals surface area contributed by atoms with Crippen LogP contribution in [-0.4, -0.2) is 37.3 Å². The topological polar surface area (TPSA) is 61.4 Å². The zero-order chi connectivity index (χ0) is 12.3. The van der Waals surface area contributed by atoms with Crippen LogP contribution in [-0.2, 0) is 4.79 Å². The van der Waals surface area contributed by atoms with Gasteiger partial charge in [0.25, 0.3) is 0 Å². The highest BCUT2D eigenvalue weighted by atomic mass is 16.2. The standard InChI is InChI=1S/C13H26N2O2/c16-10-4-2-1-3-7-15-13(17)11-12-5-8-14-9-6-12/h12,14,16H,1-11H2,(H,15,17). The summed E-state index contributed by atoms with van der Waals surface area (Å²) in [6, 6.07) is 0. The van der Waals surface area contributed by atoms with Gasteiger partial charge in [-0.2, -0.15) is 0 Å². The van der Waals surface area contributed by atoms with Crippen LogP contribution in [0.4, 0.5) is 0 Å². The van der Waals surface area contributed by atoms with E-state index >= 15 is 0 Å². The Morgan fingerprint density at radius 3 is 2.59 bits per heavy atom. The summed E-state index contributed by atoms with van der Waals surface area (Å²) in [6.45, 7) is 3.18. The Labute approximate surface area is 104 Å². The lowest BCUT2D eigenvalue weighted by atomic mass is 9.94. The van der Waals surface area contributed by atoms with Crippen LogP contribution in [0.2, 0.25) is 0 Å². The summed E-state index contributed by atoms with van der Waals surface area (Å²) >= 11 is 0. The predicted octanol–water partition coefficient (Wildman–Crippen LogP) is 1.04. The van der Waals surface area contributed by atoms with E-state index in [1.54, 1.807) is 0 Å². The van der Waals surface area contributed by atoms with E-state index in [4.69, 9.17) is 5.11 Å². The van der Waals surface area contributed by atoms with Gasteiger partial charge in [0.2, 0.25) is 5.91 Å². The van der Waals surface area contributed by atoms with Crippen LogP contribution >= 0.6 is 0 Å². The number of piperidine rings is 1. The Balaban J connectivity index is 1.93. The number of carbonyl (C=O) groups excluding carboxylic acids is 1. The van der Waals surface area contributed by atoms with Crippen LogP contribution in [0.5, 0.6) is 0 Å². The highest BCUT2D eigenvalue weighted by Crippen LogP contribution is 2.15. The van der Waals surface area contributed by atoms with Crippen LogP contribution in [0, 0.1) is 5.92 Å². The molecule has 0 saturated carbocycles. The molecule has 0 aromatic heterocycles. The summed E-state index contributed by atoms with van der Waals surface area (Å²) in [4.78, 5) is 11.6. The van der Waals surface area contributed by atoms with E-state index in [-0.39, 0.29) is 12.5 Å². The molecule has 1 heterocycles. The summed E-state index contributed by atoms with van der Waals surface area (Å²) in [5.41, 5.74) is 0. The van der Waals surface area contributed by atoms with Crippen molar-refractivity contribution in [3.63, 3.8) is 0 Å². The fraction of sp³-hybridized carbons (Fsp3) is 0.923. The van der Waals surface area contributed by atoms with Gasteiger partial charge in [-0.25, -0.2) is 0 Å². The molecule has 0 aromatic carbocycles. The number of carbonyl (C=O) groups is 1. The summed E-state index contributed by atoms with van der Waals surface area (Å²) < 4.78 is 0. The van der Waals surface area contributed by atoms with E-state index in [1.165, 1.54) is 0 Å². The molecule has 1 rings (SSSR count). The zero-order valence-electron chi connectivity index (χ0n) is 10.7. The fourth-order valence-corrected chi connectivity index (χ4v) is 2.24. The minimum absolute atomic E-state index is 0.207. The Morgan fingerprint density at radius 2 is 1.88 bits per heavy atom. The number of aliphatic hydroxyl groups is 1. The van der Waals surface area contributed by atoms with Gasteiger partial charge in [-0.3, -0.25) is 4.79 Å². The van der Waals surface area contributed by atoms with Crippen LogP contribution in [0.3, 0.4) is 0 Å². The van der Waals surface area contributed by atoms with Crippen molar-refractivity contribution < 1.29 is 9.90 Å². The molecule has 0 radical (unpaired) electrons. The molecule has 0 aliphatic carbocycles. The van der Waals surface area contributed by atoms with Crippen LogP contribution in [0.1, 0.15) is 44.9 Å². The number of rotatable bonds is 8. The van der Waals surface area contributed by atoms with E-state index in [9.17, 15) is 4.79 Å². The molecule has 1 saturated heterocycles. The van der Waals surface area contributed by atoms with Crippen LogP contribution in [0.25, 0.3) is 0 Å². The molecular formula is C13H26N2O2. The minimum Gasteiger partial charge on any atom is -0.396 e. The molecular weight excluding hydrogens is 216 g/mol. The average molecular weight is 242 g/mol. The second-order valence-electron chi connectivity index (χ2n) is 4.89. The molecule has 0 bridgehead atoms. The lowest BCUT2D eigenvalue weighted by molar-refractivity contribution is -0.122. The van der Waals surface area contributed by atoms with Crippen molar-refractivity contribution in [2.45, 2.75) is 44.9 Å². The van der Waals surface area contributed by atoms with Gasteiger partial charge in [0.05, 0.1) is 0 Å². The fourth-order valence-electron chi connectivity index (χ4n) is 2.24. The molecule has 1 aliphatic rings. The van der Waals surface area contributed by atoms with Crippen molar-refractivity contribution in [2.24, 2.45) is 5.92 Å². The van der Waals surface area contributed by atoms with Crippen LogP contribution < -0.4 is 10.6 Å². The summed E-state index contributed by atoms with van der Waals surface area (Å²) in [5, 5.41) is 14.9. The minimum atomic E-state index is 0.207. The number of aliphatic hydroxyl groups excluding tert-OH is 1. The number of nitrogens with one attached hydrogen (secondary N) is 2. The molecule has 0 atom stereocenters. The van der Waals surface area contributed by atoms with E-state index < -0.39 is 0 Å². The van der Waals surface area contributed by atoms with Gasteiger partial charge in [0, 0.05) is 19.6 Å². The lowest BCUT2D eigenvalue weighted by Crippen LogP contribution is -2.32. The first-order valence-corrected chi connectivity index (χ1v) is 6.91. The normalized spacial score (nSPS) is 17.0. The number of hydrogen-bond donors (Lipinski definition) is 3. The van der Waals surface area contributed by atoms with Gasteiger partial charge in [-0.1, -0.05) is 12.8 Å². The largest absolute Gasteiger partial charge is 0.396 e. The van der Waals surface area contributed by atoms with Gasteiger partial charge < -0.3 is 15.7 Å². The Morgan fingerprint density at radius 1 is 1.18 bits per heavy atom. The van der Waals surface area contributed by atoms with Crippen molar-refractivity contribution >= 4 is 5.91 Å². The van der Waals surface area contributed by atoms with E-state index in [1.807, 2.05) is 0 Å². The molecule has 1 fully saturated rings. The number of hydrogen-bond acceptors (Lipinski definition) is 3. The molecule has 0 unspecified atom stereocenters. The molecule has 1 amide bonds. The lowest BCUT2D eigenvalue weighted by Gasteiger charge is -2.21. The third-order valence-corrected chi connectivity index (χ3v) is 3.34. The van der Waals surface area contributed by atoms with Gasteiger partial charge in [-0.15, -0.1) is 0 Å². The molecule has 4 heteroatoms.